The summed E-state index contributed by atoms with van der Waals surface area (Å²) in [5.41, 5.74) is 2.05. The lowest BCUT2D eigenvalue weighted by molar-refractivity contribution is 0.301. The van der Waals surface area contributed by atoms with Crippen LogP contribution in [0.4, 0.5) is 0 Å². The molecule has 0 spiro atoms. The van der Waals surface area contributed by atoms with Gasteiger partial charge < -0.3 is 10.1 Å². The third-order valence-corrected chi connectivity index (χ3v) is 3.15. The Labute approximate surface area is 124 Å². The van der Waals surface area contributed by atoms with Crippen molar-refractivity contribution in [2.75, 3.05) is 6.54 Å². The van der Waals surface area contributed by atoms with Crippen molar-refractivity contribution in [3.63, 3.8) is 0 Å². The molecule has 0 atom stereocenters. The highest BCUT2D eigenvalue weighted by Crippen LogP contribution is 2.26. The van der Waals surface area contributed by atoms with Crippen molar-refractivity contribution in [3.05, 3.63) is 58.9 Å². The van der Waals surface area contributed by atoms with E-state index in [2.05, 4.69) is 17.2 Å². The van der Waals surface area contributed by atoms with Crippen molar-refractivity contribution in [2.24, 2.45) is 0 Å². The van der Waals surface area contributed by atoms with Gasteiger partial charge in [0, 0.05) is 12.7 Å². The molecule has 106 valence electrons. The predicted molar refractivity (Wildman–Crippen MR) is 82.0 cm³/mol. The smallest absolute Gasteiger partial charge is 0.138 e. The minimum absolute atomic E-state index is 0.425. The maximum absolute atomic E-state index is 6.24. The Morgan fingerprint density at radius 3 is 2.85 bits per heavy atom. The van der Waals surface area contributed by atoms with Crippen molar-refractivity contribution in [1.29, 1.82) is 0 Å². The Balaban J connectivity index is 1.92. The van der Waals surface area contributed by atoms with Gasteiger partial charge in [-0.15, -0.1) is 0 Å². The molecule has 0 aliphatic carbocycles. The van der Waals surface area contributed by atoms with Crippen molar-refractivity contribution in [2.45, 2.75) is 26.5 Å². The normalized spacial score (nSPS) is 10.5. The van der Waals surface area contributed by atoms with Crippen molar-refractivity contribution < 1.29 is 4.74 Å². The first kappa shape index (κ1) is 14.8. The van der Waals surface area contributed by atoms with Gasteiger partial charge in [-0.25, -0.2) is 0 Å². The van der Waals surface area contributed by atoms with E-state index in [1.54, 1.807) is 6.20 Å². The minimum atomic E-state index is 0.425. The Kier molecular flexibility index (Phi) is 5.84. The van der Waals surface area contributed by atoms with Crippen molar-refractivity contribution in [3.8, 4) is 5.75 Å². The highest BCUT2D eigenvalue weighted by molar-refractivity contribution is 6.32. The Hall–Kier alpha value is -1.58. The zero-order chi connectivity index (χ0) is 14.2. The molecule has 20 heavy (non-hydrogen) atoms. The zero-order valence-electron chi connectivity index (χ0n) is 11.6. The van der Waals surface area contributed by atoms with E-state index in [9.17, 15) is 0 Å². The molecule has 0 saturated heterocycles. The number of rotatable bonds is 7. The molecular formula is C16H19ClN2O. The zero-order valence-corrected chi connectivity index (χ0v) is 12.4. The average molecular weight is 291 g/mol. The maximum Gasteiger partial charge on any atom is 0.138 e. The van der Waals surface area contributed by atoms with E-state index in [0.29, 0.717) is 17.4 Å². The number of ether oxygens (including phenoxy) is 1. The first-order valence-corrected chi connectivity index (χ1v) is 7.19. The number of nitrogens with one attached hydrogen (secondary N) is 1. The molecular weight excluding hydrogens is 272 g/mol. The van der Waals surface area contributed by atoms with E-state index in [1.807, 2.05) is 36.4 Å². The topological polar surface area (TPSA) is 34.1 Å². The molecule has 0 radical (unpaired) electrons. The lowest BCUT2D eigenvalue weighted by atomic mass is 10.2. The van der Waals surface area contributed by atoms with Crippen LogP contribution in [0.15, 0.2) is 42.6 Å². The molecule has 1 aromatic carbocycles. The Bertz CT molecular complexity index is 531. The van der Waals surface area contributed by atoms with Crippen molar-refractivity contribution >= 4 is 11.6 Å². The molecule has 2 aromatic rings. The summed E-state index contributed by atoms with van der Waals surface area (Å²) in [7, 11) is 0. The quantitative estimate of drug-likeness (QED) is 0.787. The van der Waals surface area contributed by atoms with Crippen molar-refractivity contribution in [1.82, 2.24) is 10.3 Å². The second kappa shape index (κ2) is 7.88. The maximum atomic E-state index is 6.24. The van der Waals surface area contributed by atoms with Gasteiger partial charge in [-0.1, -0.05) is 30.7 Å². The van der Waals surface area contributed by atoms with Crippen LogP contribution in [-0.2, 0) is 13.2 Å². The fourth-order valence-corrected chi connectivity index (χ4v) is 2.07. The molecule has 0 fully saturated rings. The molecule has 0 bridgehead atoms. The third kappa shape index (κ3) is 4.51. The van der Waals surface area contributed by atoms with Crippen LogP contribution in [0.1, 0.15) is 24.6 Å². The van der Waals surface area contributed by atoms with Crippen LogP contribution in [0.3, 0.4) is 0 Å². The molecule has 0 unspecified atom stereocenters. The van der Waals surface area contributed by atoms with E-state index in [1.165, 1.54) is 0 Å². The number of aromatic nitrogens is 1. The van der Waals surface area contributed by atoms with Gasteiger partial charge in [0.2, 0.25) is 0 Å². The van der Waals surface area contributed by atoms with Gasteiger partial charge >= 0.3 is 0 Å². The molecule has 1 aromatic heterocycles. The second-order valence-corrected chi connectivity index (χ2v) is 4.96. The largest absolute Gasteiger partial charge is 0.486 e. The van der Waals surface area contributed by atoms with Crippen LogP contribution >= 0.6 is 11.6 Å². The standard InChI is InChI=1S/C16H19ClN2O/c1-2-8-18-11-13-6-7-16(15(17)10-13)20-12-14-5-3-4-9-19-14/h3-7,9-10,18H,2,8,11-12H2,1H3. The summed E-state index contributed by atoms with van der Waals surface area (Å²) < 4.78 is 5.69. The highest BCUT2D eigenvalue weighted by atomic mass is 35.5. The molecule has 2 rings (SSSR count). The highest BCUT2D eigenvalue weighted by Gasteiger charge is 2.04. The van der Waals surface area contributed by atoms with E-state index in [-0.39, 0.29) is 0 Å². The molecule has 0 aliphatic heterocycles. The van der Waals surface area contributed by atoms with E-state index < -0.39 is 0 Å². The monoisotopic (exact) mass is 290 g/mol. The summed E-state index contributed by atoms with van der Waals surface area (Å²) in [6.45, 7) is 4.41. The molecule has 1 N–H and O–H groups in total. The summed E-state index contributed by atoms with van der Waals surface area (Å²) in [5, 5.41) is 3.98. The molecule has 0 aliphatic rings. The number of nitrogens with zero attached hydrogens (tertiary/aromatic N) is 1. The van der Waals surface area contributed by atoms with Crippen LogP contribution < -0.4 is 10.1 Å². The van der Waals surface area contributed by atoms with Gasteiger partial charge in [0.05, 0.1) is 10.7 Å². The predicted octanol–water partition coefficient (Wildman–Crippen LogP) is 3.81. The minimum Gasteiger partial charge on any atom is -0.486 e. The van der Waals surface area contributed by atoms with Gasteiger partial charge in [0.25, 0.3) is 0 Å². The number of hydrogen-bond acceptors (Lipinski definition) is 3. The average Bonchev–Trinajstić information content (AvgIpc) is 2.48. The van der Waals surface area contributed by atoms with Gasteiger partial charge in [0.1, 0.15) is 12.4 Å². The third-order valence-electron chi connectivity index (χ3n) is 2.85. The molecule has 4 heteroatoms. The SMILES string of the molecule is CCCNCc1ccc(OCc2ccccn2)c(Cl)c1. The van der Waals surface area contributed by atoms with Gasteiger partial charge in [-0.3, -0.25) is 4.98 Å². The van der Waals surface area contributed by atoms with Gasteiger partial charge in [-0.2, -0.15) is 0 Å². The molecule has 1 heterocycles. The van der Waals surface area contributed by atoms with Crippen LogP contribution in [0.2, 0.25) is 5.02 Å². The molecule has 3 nitrogen and oxygen atoms in total. The molecule has 0 saturated carbocycles. The number of benzene rings is 1. The van der Waals surface area contributed by atoms with Crippen LogP contribution in [0, 0.1) is 0 Å². The van der Waals surface area contributed by atoms with Crippen LogP contribution in [-0.4, -0.2) is 11.5 Å². The first-order chi connectivity index (χ1) is 9.79. The van der Waals surface area contributed by atoms with Crippen LogP contribution in [0.25, 0.3) is 0 Å². The van der Waals surface area contributed by atoms with E-state index >= 15 is 0 Å². The van der Waals surface area contributed by atoms with E-state index in [0.717, 1.165) is 30.8 Å². The second-order valence-electron chi connectivity index (χ2n) is 4.55. The fourth-order valence-electron chi connectivity index (χ4n) is 1.82. The lowest BCUT2D eigenvalue weighted by Crippen LogP contribution is -2.13. The summed E-state index contributed by atoms with van der Waals surface area (Å²) in [5.74, 6) is 0.691. The Morgan fingerprint density at radius 2 is 2.15 bits per heavy atom. The molecule has 0 amide bonds. The van der Waals surface area contributed by atoms with Crippen LogP contribution in [0.5, 0.6) is 5.75 Å². The number of hydrogen-bond donors (Lipinski definition) is 1. The summed E-state index contributed by atoms with van der Waals surface area (Å²) >= 11 is 6.24. The summed E-state index contributed by atoms with van der Waals surface area (Å²) in [4.78, 5) is 4.21. The van der Waals surface area contributed by atoms with E-state index in [4.69, 9.17) is 16.3 Å². The first-order valence-electron chi connectivity index (χ1n) is 6.81. The summed E-state index contributed by atoms with van der Waals surface area (Å²) in [6, 6.07) is 11.6. The number of halogens is 1. The fraction of sp³-hybridized carbons (Fsp3) is 0.312. The van der Waals surface area contributed by atoms with Gasteiger partial charge in [0.15, 0.2) is 0 Å². The summed E-state index contributed by atoms with van der Waals surface area (Å²) in [6.07, 6.45) is 2.88. The Morgan fingerprint density at radius 1 is 1.25 bits per heavy atom. The number of pyridine rings is 1. The van der Waals surface area contributed by atoms with Gasteiger partial charge in [-0.05, 0) is 42.8 Å². The lowest BCUT2D eigenvalue weighted by Gasteiger charge is -2.09.